The lowest BCUT2D eigenvalue weighted by atomic mass is 10.0. The summed E-state index contributed by atoms with van der Waals surface area (Å²) in [5.74, 6) is 1.20. The van der Waals surface area contributed by atoms with Crippen LogP contribution in [0.15, 0.2) is 12.1 Å². The fraction of sp³-hybridized carbons (Fsp3) is 0.500. The number of pyridine rings is 1. The predicted molar refractivity (Wildman–Crippen MR) is 54.5 cm³/mol. The number of ether oxygens (including phenoxy) is 1. The van der Waals surface area contributed by atoms with Gasteiger partial charge in [-0.2, -0.15) is 0 Å². The lowest BCUT2D eigenvalue weighted by molar-refractivity contribution is 0.413. The Kier molecular flexibility index (Phi) is 3.55. The number of hydrogen-bond acceptors (Lipinski definition) is 2. The van der Waals surface area contributed by atoms with E-state index >= 15 is 0 Å². The van der Waals surface area contributed by atoms with Crippen molar-refractivity contribution >= 4 is 11.6 Å². The Morgan fingerprint density at radius 1 is 1.54 bits per heavy atom. The van der Waals surface area contributed by atoms with Gasteiger partial charge in [-0.15, -0.1) is 0 Å². The van der Waals surface area contributed by atoms with Crippen LogP contribution in [0, 0.1) is 0 Å². The second kappa shape index (κ2) is 4.47. The van der Waals surface area contributed by atoms with Crippen LogP contribution in [0.4, 0.5) is 0 Å². The minimum absolute atomic E-state index is 0.424. The zero-order valence-electron chi connectivity index (χ0n) is 8.17. The fourth-order valence-electron chi connectivity index (χ4n) is 1.07. The molecule has 0 aromatic carbocycles. The minimum atomic E-state index is 0.424. The molecule has 1 heterocycles. The molecular formula is C10H14ClNO. The quantitative estimate of drug-likeness (QED) is 0.698. The van der Waals surface area contributed by atoms with Gasteiger partial charge in [-0.05, 0) is 12.3 Å². The van der Waals surface area contributed by atoms with Gasteiger partial charge in [-0.1, -0.05) is 25.4 Å². The van der Waals surface area contributed by atoms with Gasteiger partial charge < -0.3 is 4.74 Å². The van der Waals surface area contributed by atoms with E-state index in [2.05, 4.69) is 18.8 Å². The van der Waals surface area contributed by atoms with Crippen LogP contribution < -0.4 is 4.74 Å². The molecule has 1 atom stereocenters. The van der Waals surface area contributed by atoms with Crippen molar-refractivity contribution in [1.29, 1.82) is 0 Å². The molecule has 0 fully saturated rings. The lowest BCUT2D eigenvalue weighted by Crippen LogP contribution is -1.97. The lowest BCUT2D eigenvalue weighted by Gasteiger charge is -2.09. The van der Waals surface area contributed by atoms with E-state index in [0.29, 0.717) is 11.1 Å². The number of hydrogen-bond donors (Lipinski definition) is 0. The van der Waals surface area contributed by atoms with Crippen molar-refractivity contribution < 1.29 is 4.74 Å². The number of methoxy groups -OCH3 is 1. The smallest absolute Gasteiger partial charge is 0.133 e. The zero-order chi connectivity index (χ0) is 9.84. The molecule has 0 radical (unpaired) electrons. The molecule has 0 bridgehead atoms. The average Bonchev–Trinajstić information content (AvgIpc) is 2.15. The molecule has 0 aliphatic carbocycles. The first-order chi connectivity index (χ1) is 6.17. The maximum absolute atomic E-state index is 5.84. The van der Waals surface area contributed by atoms with Gasteiger partial charge in [0.05, 0.1) is 7.11 Å². The van der Waals surface area contributed by atoms with Gasteiger partial charge in [-0.25, -0.2) is 4.98 Å². The molecule has 0 N–H and O–H groups in total. The molecule has 2 nitrogen and oxygen atoms in total. The van der Waals surface area contributed by atoms with Gasteiger partial charge in [0.15, 0.2) is 0 Å². The average molecular weight is 200 g/mol. The van der Waals surface area contributed by atoms with Crippen molar-refractivity contribution in [1.82, 2.24) is 4.98 Å². The third-order valence-electron chi connectivity index (χ3n) is 2.14. The van der Waals surface area contributed by atoms with E-state index in [1.54, 1.807) is 13.2 Å². The molecule has 3 heteroatoms. The molecule has 0 saturated heterocycles. The van der Waals surface area contributed by atoms with Gasteiger partial charge >= 0.3 is 0 Å². The fourth-order valence-corrected chi connectivity index (χ4v) is 1.28. The van der Waals surface area contributed by atoms with Crippen LogP contribution in [-0.4, -0.2) is 12.1 Å². The Morgan fingerprint density at radius 3 is 2.77 bits per heavy atom. The molecule has 1 aromatic rings. The van der Waals surface area contributed by atoms with Crippen LogP contribution in [0.2, 0.25) is 5.15 Å². The van der Waals surface area contributed by atoms with E-state index in [0.717, 1.165) is 17.9 Å². The maximum Gasteiger partial charge on any atom is 0.133 e. The first-order valence-corrected chi connectivity index (χ1v) is 4.76. The molecule has 0 aliphatic heterocycles. The normalized spacial score (nSPS) is 12.6. The van der Waals surface area contributed by atoms with E-state index in [9.17, 15) is 0 Å². The molecular weight excluding hydrogens is 186 g/mol. The Morgan fingerprint density at radius 2 is 2.23 bits per heavy atom. The summed E-state index contributed by atoms with van der Waals surface area (Å²) in [7, 11) is 1.63. The first kappa shape index (κ1) is 10.3. The topological polar surface area (TPSA) is 22.1 Å². The molecule has 0 aliphatic rings. The molecule has 1 unspecified atom stereocenters. The summed E-state index contributed by atoms with van der Waals surface area (Å²) in [5.41, 5.74) is 0.992. The van der Waals surface area contributed by atoms with Crippen LogP contribution in [0.1, 0.15) is 31.9 Å². The van der Waals surface area contributed by atoms with Crippen molar-refractivity contribution in [3.8, 4) is 5.75 Å². The van der Waals surface area contributed by atoms with Crippen molar-refractivity contribution in [2.45, 2.75) is 26.2 Å². The summed E-state index contributed by atoms with van der Waals surface area (Å²) in [6.45, 7) is 4.25. The summed E-state index contributed by atoms with van der Waals surface area (Å²) >= 11 is 5.84. The number of nitrogens with zero attached hydrogens (tertiary/aromatic N) is 1. The number of rotatable bonds is 3. The largest absolute Gasteiger partial charge is 0.497 e. The van der Waals surface area contributed by atoms with Gasteiger partial charge in [0.1, 0.15) is 10.9 Å². The van der Waals surface area contributed by atoms with Gasteiger partial charge in [0.2, 0.25) is 0 Å². The molecule has 0 spiro atoms. The summed E-state index contributed by atoms with van der Waals surface area (Å²) in [5, 5.41) is 0.495. The second-order valence-corrected chi connectivity index (χ2v) is 3.45. The second-order valence-electron chi connectivity index (χ2n) is 3.06. The summed E-state index contributed by atoms with van der Waals surface area (Å²) in [6.07, 6.45) is 1.05. The van der Waals surface area contributed by atoms with Crippen LogP contribution in [0.25, 0.3) is 0 Å². The van der Waals surface area contributed by atoms with Crippen LogP contribution in [0.3, 0.4) is 0 Å². The molecule has 1 aromatic heterocycles. The maximum atomic E-state index is 5.84. The van der Waals surface area contributed by atoms with Gasteiger partial charge in [-0.3, -0.25) is 0 Å². The molecule has 72 valence electrons. The highest BCUT2D eigenvalue weighted by molar-refractivity contribution is 6.29. The Hall–Kier alpha value is -0.760. The van der Waals surface area contributed by atoms with Gasteiger partial charge in [0, 0.05) is 17.8 Å². The van der Waals surface area contributed by atoms with Crippen molar-refractivity contribution in [2.75, 3.05) is 7.11 Å². The van der Waals surface area contributed by atoms with E-state index in [1.807, 2.05) is 6.07 Å². The molecule has 1 rings (SSSR count). The van der Waals surface area contributed by atoms with E-state index in [-0.39, 0.29) is 0 Å². The highest BCUT2D eigenvalue weighted by atomic mass is 35.5. The third kappa shape index (κ3) is 2.59. The number of halogens is 1. The van der Waals surface area contributed by atoms with Crippen LogP contribution >= 0.6 is 11.6 Å². The SMILES string of the molecule is CCC(C)c1cc(OC)cc(Cl)n1. The standard InChI is InChI=1S/C10H14ClNO/c1-4-7(2)9-5-8(13-3)6-10(11)12-9/h5-7H,4H2,1-3H3. The van der Waals surface area contributed by atoms with Crippen molar-refractivity contribution in [3.63, 3.8) is 0 Å². The zero-order valence-corrected chi connectivity index (χ0v) is 8.93. The first-order valence-electron chi connectivity index (χ1n) is 4.38. The summed E-state index contributed by atoms with van der Waals surface area (Å²) < 4.78 is 5.11. The van der Waals surface area contributed by atoms with E-state index in [1.165, 1.54) is 0 Å². The predicted octanol–water partition coefficient (Wildman–Crippen LogP) is 3.26. The third-order valence-corrected chi connectivity index (χ3v) is 2.33. The van der Waals surface area contributed by atoms with E-state index < -0.39 is 0 Å². The highest BCUT2D eigenvalue weighted by Gasteiger charge is 2.07. The van der Waals surface area contributed by atoms with Crippen molar-refractivity contribution in [2.24, 2.45) is 0 Å². The summed E-state index contributed by atoms with van der Waals surface area (Å²) in [4.78, 5) is 4.24. The van der Waals surface area contributed by atoms with E-state index in [4.69, 9.17) is 16.3 Å². The Bertz CT molecular complexity index is 288. The molecule has 0 amide bonds. The summed E-state index contributed by atoms with van der Waals surface area (Å²) in [6, 6.07) is 3.65. The van der Waals surface area contributed by atoms with Gasteiger partial charge in [0.25, 0.3) is 0 Å². The Balaban J connectivity index is 3.01. The molecule has 13 heavy (non-hydrogen) atoms. The molecule has 0 saturated carbocycles. The highest BCUT2D eigenvalue weighted by Crippen LogP contribution is 2.23. The Labute approximate surface area is 83.9 Å². The monoisotopic (exact) mass is 199 g/mol. The van der Waals surface area contributed by atoms with Crippen LogP contribution in [-0.2, 0) is 0 Å². The minimum Gasteiger partial charge on any atom is -0.497 e. The van der Waals surface area contributed by atoms with Crippen molar-refractivity contribution in [3.05, 3.63) is 23.0 Å². The number of aromatic nitrogens is 1. The van der Waals surface area contributed by atoms with Crippen LogP contribution in [0.5, 0.6) is 5.75 Å².